The Labute approximate surface area is 145 Å². The Bertz CT molecular complexity index is 733. The highest BCUT2D eigenvalue weighted by atomic mass is 35.5. The number of carbonyl (C=O) groups excluding carboxylic acids is 1. The summed E-state index contributed by atoms with van der Waals surface area (Å²) in [6.07, 6.45) is 0.104. The molecule has 1 heterocycles. The van der Waals surface area contributed by atoms with Gasteiger partial charge in [-0.25, -0.2) is 4.39 Å². The Balaban J connectivity index is 1.76. The summed E-state index contributed by atoms with van der Waals surface area (Å²) in [5.41, 5.74) is 2.09. The summed E-state index contributed by atoms with van der Waals surface area (Å²) in [7, 11) is 0. The van der Waals surface area contributed by atoms with Gasteiger partial charge < -0.3 is 15.0 Å². The molecule has 0 bridgehead atoms. The van der Waals surface area contributed by atoms with Crippen molar-refractivity contribution in [1.29, 1.82) is 0 Å². The molecule has 1 saturated heterocycles. The van der Waals surface area contributed by atoms with E-state index in [0.29, 0.717) is 29.5 Å². The van der Waals surface area contributed by atoms with Crippen molar-refractivity contribution < 1.29 is 13.9 Å². The molecule has 1 N–H and O–H groups in total. The van der Waals surface area contributed by atoms with Crippen molar-refractivity contribution in [3.63, 3.8) is 0 Å². The largest absolute Gasteiger partial charge is 0.378 e. The van der Waals surface area contributed by atoms with E-state index in [-0.39, 0.29) is 18.1 Å². The number of hydrogen-bond acceptors (Lipinski definition) is 3. The number of amides is 1. The zero-order valence-corrected chi connectivity index (χ0v) is 13.9. The molecule has 0 aliphatic carbocycles. The van der Waals surface area contributed by atoms with Gasteiger partial charge in [0.25, 0.3) is 0 Å². The fourth-order valence-electron chi connectivity index (χ4n) is 2.75. The lowest BCUT2D eigenvalue weighted by Crippen LogP contribution is -2.37. The van der Waals surface area contributed by atoms with E-state index in [1.54, 1.807) is 24.3 Å². The number of hydrogen-bond donors (Lipinski definition) is 1. The predicted octanol–water partition coefficient (Wildman–Crippen LogP) is 3.50. The van der Waals surface area contributed by atoms with Gasteiger partial charge in [-0.05, 0) is 29.8 Å². The Morgan fingerprint density at radius 2 is 1.96 bits per heavy atom. The SMILES string of the molecule is O=C(Cc1cccc(F)c1)Nc1cccc(Cl)c1N1CCOCC1. The second-order valence-corrected chi connectivity index (χ2v) is 6.00. The fourth-order valence-corrected chi connectivity index (χ4v) is 3.05. The molecule has 2 aromatic carbocycles. The van der Waals surface area contributed by atoms with Crippen LogP contribution in [0.4, 0.5) is 15.8 Å². The molecule has 0 saturated carbocycles. The summed E-state index contributed by atoms with van der Waals surface area (Å²) in [4.78, 5) is 14.4. The first kappa shape index (κ1) is 16.7. The maximum Gasteiger partial charge on any atom is 0.228 e. The van der Waals surface area contributed by atoms with Crippen molar-refractivity contribution in [2.24, 2.45) is 0 Å². The second-order valence-electron chi connectivity index (χ2n) is 5.59. The normalized spacial score (nSPS) is 14.5. The zero-order valence-electron chi connectivity index (χ0n) is 13.1. The maximum absolute atomic E-state index is 13.2. The Morgan fingerprint density at radius 1 is 1.21 bits per heavy atom. The van der Waals surface area contributed by atoms with E-state index >= 15 is 0 Å². The minimum Gasteiger partial charge on any atom is -0.378 e. The molecule has 126 valence electrons. The first-order valence-electron chi connectivity index (χ1n) is 7.79. The predicted molar refractivity (Wildman–Crippen MR) is 93.2 cm³/mol. The van der Waals surface area contributed by atoms with Gasteiger partial charge in [-0.2, -0.15) is 0 Å². The summed E-state index contributed by atoms with van der Waals surface area (Å²) < 4.78 is 18.6. The van der Waals surface area contributed by atoms with Crippen LogP contribution >= 0.6 is 11.6 Å². The summed E-state index contributed by atoms with van der Waals surface area (Å²) in [5.74, 6) is -0.561. The number of nitrogens with one attached hydrogen (secondary N) is 1. The van der Waals surface area contributed by atoms with Gasteiger partial charge in [0.05, 0.1) is 36.0 Å². The highest BCUT2D eigenvalue weighted by Gasteiger charge is 2.19. The third-order valence-corrected chi connectivity index (χ3v) is 4.15. The highest BCUT2D eigenvalue weighted by molar-refractivity contribution is 6.34. The molecular formula is C18H18ClFN2O2. The van der Waals surface area contributed by atoms with Crippen molar-refractivity contribution >= 4 is 28.9 Å². The topological polar surface area (TPSA) is 41.6 Å². The molecule has 1 aliphatic rings. The quantitative estimate of drug-likeness (QED) is 0.919. The van der Waals surface area contributed by atoms with Gasteiger partial charge >= 0.3 is 0 Å². The molecule has 0 radical (unpaired) electrons. The number of carbonyl (C=O) groups is 1. The van der Waals surface area contributed by atoms with E-state index in [1.807, 2.05) is 6.07 Å². The summed E-state index contributed by atoms with van der Waals surface area (Å²) in [6, 6.07) is 11.5. The van der Waals surface area contributed by atoms with E-state index < -0.39 is 0 Å². The molecular weight excluding hydrogens is 331 g/mol. The molecule has 1 fully saturated rings. The molecule has 0 atom stereocenters. The molecule has 0 spiro atoms. The lowest BCUT2D eigenvalue weighted by atomic mass is 10.1. The third kappa shape index (κ3) is 4.04. The lowest BCUT2D eigenvalue weighted by Gasteiger charge is -2.31. The van der Waals surface area contributed by atoms with Crippen LogP contribution in [0.25, 0.3) is 0 Å². The monoisotopic (exact) mass is 348 g/mol. The van der Waals surface area contributed by atoms with Gasteiger partial charge in [0, 0.05) is 13.1 Å². The van der Waals surface area contributed by atoms with Gasteiger partial charge in [0.2, 0.25) is 5.91 Å². The smallest absolute Gasteiger partial charge is 0.228 e. The van der Waals surface area contributed by atoms with Gasteiger partial charge in [-0.1, -0.05) is 29.8 Å². The minimum absolute atomic E-state index is 0.104. The molecule has 1 aliphatic heterocycles. The first-order chi connectivity index (χ1) is 11.6. The van der Waals surface area contributed by atoms with Crippen LogP contribution in [-0.2, 0) is 16.0 Å². The molecule has 4 nitrogen and oxygen atoms in total. The van der Waals surface area contributed by atoms with Crippen LogP contribution in [0, 0.1) is 5.82 Å². The van der Waals surface area contributed by atoms with Crippen molar-refractivity contribution in [3.05, 3.63) is 58.9 Å². The van der Waals surface area contributed by atoms with Crippen LogP contribution in [0.15, 0.2) is 42.5 Å². The fraction of sp³-hybridized carbons (Fsp3) is 0.278. The molecule has 1 amide bonds. The van der Waals surface area contributed by atoms with Crippen LogP contribution in [0.5, 0.6) is 0 Å². The van der Waals surface area contributed by atoms with Crippen molar-refractivity contribution in [1.82, 2.24) is 0 Å². The Morgan fingerprint density at radius 3 is 2.71 bits per heavy atom. The lowest BCUT2D eigenvalue weighted by molar-refractivity contribution is -0.115. The standard InChI is InChI=1S/C18H18ClFN2O2/c19-15-5-2-6-16(18(15)22-7-9-24-10-8-22)21-17(23)12-13-3-1-4-14(20)11-13/h1-6,11H,7-10,12H2,(H,21,23). The molecule has 0 aromatic heterocycles. The number of benzene rings is 2. The van der Waals surface area contributed by atoms with Crippen LogP contribution in [0.3, 0.4) is 0 Å². The maximum atomic E-state index is 13.2. The van der Waals surface area contributed by atoms with E-state index in [9.17, 15) is 9.18 Å². The van der Waals surface area contributed by atoms with Crippen LogP contribution < -0.4 is 10.2 Å². The minimum atomic E-state index is -0.350. The van der Waals surface area contributed by atoms with Crippen molar-refractivity contribution in [2.75, 3.05) is 36.5 Å². The molecule has 6 heteroatoms. The average Bonchev–Trinajstić information content (AvgIpc) is 2.55. The number of halogens is 2. The van der Waals surface area contributed by atoms with Gasteiger partial charge in [0.1, 0.15) is 5.82 Å². The van der Waals surface area contributed by atoms with Gasteiger partial charge in [-0.15, -0.1) is 0 Å². The number of morpholine rings is 1. The average molecular weight is 349 g/mol. The van der Waals surface area contributed by atoms with E-state index in [2.05, 4.69) is 10.2 Å². The summed E-state index contributed by atoms with van der Waals surface area (Å²) in [5, 5.41) is 3.47. The summed E-state index contributed by atoms with van der Waals surface area (Å²) >= 11 is 6.34. The molecule has 3 rings (SSSR count). The Kier molecular flexibility index (Phi) is 5.33. The third-order valence-electron chi connectivity index (χ3n) is 3.84. The Hall–Kier alpha value is -2.11. The van der Waals surface area contributed by atoms with Crippen LogP contribution in [0.1, 0.15) is 5.56 Å². The van der Waals surface area contributed by atoms with Crippen LogP contribution in [0.2, 0.25) is 5.02 Å². The van der Waals surface area contributed by atoms with E-state index in [4.69, 9.17) is 16.3 Å². The summed E-state index contributed by atoms with van der Waals surface area (Å²) in [6.45, 7) is 2.69. The van der Waals surface area contributed by atoms with Crippen molar-refractivity contribution in [2.45, 2.75) is 6.42 Å². The molecule has 0 unspecified atom stereocenters. The number of nitrogens with zero attached hydrogens (tertiary/aromatic N) is 1. The second kappa shape index (κ2) is 7.64. The van der Waals surface area contributed by atoms with E-state index in [0.717, 1.165) is 18.8 Å². The van der Waals surface area contributed by atoms with Crippen LogP contribution in [-0.4, -0.2) is 32.2 Å². The first-order valence-corrected chi connectivity index (χ1v) is 8.17. The number of para-hydroxylation sites is 1. The number of ether oxygens (including phenoxy) is 1. The van der Waals surface area contributed by atoms with Gasteiger partial charge in [-0.3, -0.25) is 4.79 Å². The molecule has 2 aromatic rings. The highest BCUT2D eigenvalue weighted by Crippen LogP contribution is 2.34. The van der Waals surface area contributed by atoms with E-state index in [1.165, 1.54) is 12.1 Å². The number of rotatable bonds is 4. The number of anilines is 2. The van der Waals surface area contributed by atoms with Crippen molar-refractivity contribution in [3.8, 4) is 0 Å². The van der Waals surface area contributed by atoms with Gasteiger partial charge in [0.15, 0.2) is 0 Å². The zero-order chi connectivity index (χ0) is 16.9. The molecule has 24 heavy (non-hydrogen) atoms.